The monoisotopic (exact) mass is 503 g/mol. The van der Waals surface area contributed by atoms with Gasteiger partial charge in [-0.1, -0.05) is 18.2 Å². The van der Waals surface area contributed by atoms with E-state index in [2.05, 4.69) is 0 Å². The molecule has 0 unspecified atom stereocenters. The number of hydrogen-bond donors (Lipinski definition) is 0. The zero-order chi connectivity index (χ0) is 25.5. The lowest BCUT2D eigenvalue weighted by molar-refractivity contribution is -0.137. The minimum atomic E-state index is -4.41. The maximum absolute atomic E-state index is 13.1. The predicted octanol–water partition coefficient (Wildman–Crippen LogP) is 4.79. The van der Waals surface area contributed by atoms with Gasteiger partial charge in [-0.15, -0.1) is 0 Å². The van der Waals surface area contributed by atoms with Crippen LogP contribution in [-0.4, -0.2) is 45.1 Å². The van der Waals surface area contributed by atoms with Crippen molar-refractivity contribution in [3.63, 3.8) is 0 Å². The van der Waals surface area contributed by atoms with Gasteiger partial charge in [0.15, 0.2) is 11.6 Å². The van der Waals surface area contributed by atoms with Crippen LogP contribution in [0, 0.1) is 0 Å². The van der Waals surface area contributed by atoms with Gasteiger partial charge < -0.3 is 0 Å². The van der Waals surface area contributed by atoms with E-state index >= 15 is 0 Å². The SMILES string of the molecule is C[C@]1(N2C(=O)c3ccc(CCC(=O)c4ccc(SC(F)(F)F)cc4)cc3C2=O)CCC(=O)CC1=O. The molecule has 10 heteroatoms. The second-order valence-electron chi connectivity index (χ2n) is 8.73. The Morgan fingerprint density at radius 2 is 1.66 bits per heavy atom. The summed E-state index contributed by atoms with van der Waals surface area (Å²) in [5.74, 6) is -2.16. The zero-order valence-corrected chi connectivity index (χ0v) is 19.4. The first-order valence-corrected chi connectivity index (χ1v) is 11.7. The van der Waals surface area contributed by atoms with Crippen molar-refractivity contribution in [3.05, 3.63) is 64.7 Å². The van der Waals surface area contributed by atoms with Gasteiger partial charge in [0.05, 0.1) is 17.5 Å². The fourth-order valence-electron chi connectivity index (χ4n) is 4.35. The first kappa shape index (κ1) is 24.8. The molecule has 1 heterocycles. The molecule has 1 aliphatic carbocycles. The van der Waals surface area contributed by atoms with Crippen LogP contribution in [0.4, 0.5) is 13.2 Å². The van der Waals surface area contributed by atoms with E-state index in [0.29, 0.717) is 5.56 Å². The lowest BCUT2D eigenvalue weighted by atomic mass is 9.80. The molecule has 0 bridgehead atoms. The minimum Gasteiger partial charge on any atom is -0.299 e. The van der Waals surface area contributed by atoms with Crippen LogP contribution in [0.1, 0.15) is 69.2 Å². The number of alkyl halides is 3. The Hall–Kier alpha value is -3.27. The van der Waals surface area contributed by atoms with Gasteiger partial charge in [-0.25, -0.2) is 0 Å². The molecule has 0 aromatic heterocycles. The summed E-state index contributed by atoms with van der Waals surface area (Å²) in [6.45, 7) is 1.50. The Morgan fingerprint density at radius 1 is 1.00 bits per heavy atom. The maximum Gasteiger partial charge on any atom is 0.446 e. The largest absolute Gasteiger partial charge is 0.446 e. The second kappa shape index (κ2) is 9.07. The number of carbonyl (C=O) groups excluding carboxylic acids is 5. The summed E-state index contributed by atoms with van der Waals surface area (Å²) < 4.78 is 37.4. The Labute approximate surface area is 202 Å². The highest BCUT2D eigenvalue weighted by atomic mass is 32.2. The van der Waals surface area contributed by atoms with E-state index in [4.69, 9.17) is 0 Å². The molecule has 0 spiro atoms. The van der Waals surface area contributed by atoms with E-state index in [9.17, 15) is 37.1 Å². The van der Waals surface area contributed by atoms with Crippen molar-refractivity contribution in [2.75, 3.05) is 0 Å². The first-order chi connectivity index (χ1) is 16.4. The summed E-state index contributed by atoms with van der Waals surface area (Å²) in [6, 6.07) is 9.78. The molecular formula is C25H20F3NO5S. The highest BCUT2D eigenvalue weighted by molar-refractivity contribution is 8.00. The molecule has 2 aliphatic rings. The van der Waals surface area contributed by atoms with Gasteiger partial charge in [0.25, 0.3) is 11.8 Å². The number of amides is 2. The third-order valence-corrected chi connectivity index (χ3v) is 7.08. The molecule has 2 amide bonds. The van der Waals surface area contributed by atoms with E-state index < -0.39 is 28.6 Å². The fraction of sp³-hybridized carbons (Fsp3) is 0.320. The predicted molar refractivity (Wildman–Crippen MR) is 120 cm³/mol. The van der Waals surface area contributed by atoms with Crippen LogP contribution >= 0.6 is 11.8 Å². The first-order valence-electron chi connectivity index (χ1n) is 10.8. The van der Waals surface area contributed by atoms with Gasteiger partial charge in [0.1, 0.15) is 11.3 Å². The van der Waals surface area contributed by atoms with Crippen molar-refractivity contribution < 1.29 is 37.1 Å². The van der Waals surface area contributed by atoms with Gasteiger partial charge >= 0.3 is 5.51 Å². The number of nitrogens with zero attached hydrogens (tertiary/aromatic N) is 1. The van der Waals surface area contributed by atoms with Crippen molar-refractivity contribution in [1.82, 2.24) is 4.90 Å². The number of thioether (sulfide) groups is 1. The van der Waals surface area contributed by atoms with Gasteiger partial charge in [-0.05, 0) is 61.4 Å². The fourth-order valence-corrected chi connectivity index (χ4v) is 4.89. The molecule has 0 N–H and O–H groups in total. The molecule has 0 saturated heterocycles. The smallest absolute Gasteiger partial charge is 0.299 e. The molecule has 35 heavy (non-hydrogen) atoms. The lowest BCUT2D eigenvalue weighted by Crippen LogP contribution is -2.57. The molecule has 6 nitrogen and oxygen atoms in total. The Balaban J connectivity index is 1.45. The minimum absolute atomic E-state index is 0.0186. The van der Waals surface area contributed by atoms with Crippen molar-refractivity contribution in [1.29, 1.82) is 0 Å². The van der Waals surface area contributed by atoms with Crippen molar-refractivity contribution in [3.8, 4) is 0 Å². The summed E-state index contributed by atoms with van der Waals surface area (Å²) in [5, 5.41) is 0. The normalized spacial score (nSPS) is 20.4. The maximum atomic E-state index is 13.1. The number of aryl methyl sites for hydroxylation is 1. The van der Waals surface area contributed by atoms with E-state index in [0.717, 1.165) is 4.90 Å². The molecule has 1 saturated carbocycles. The number of ketones is 3. The van der Waals surface area contributed by atoms with E-state index in [1.807, 2.05) is 0 Å². The second-order valence-corrected chi connectivity index (χ2v) is 9.87. The molecule has 4 rings (SSSR count). The highest BCUT2D eigenvalue weighted by Crippen LogP contribution is 2.38. The molecule has 0 radical (unpaired) electrons. The molecule has 1 fully saturated rings. The number of rotatable bonds is 6. The summed E-state index contributed by atoms with van der Waals surface area (Å²) in [6.07, 6.45) is 0.176. The van der Waals surface area contributed by atoms with Crippen molar-refractivity contribution in [2.24, 2.45) is 0 Å². The van der Waals surface area contributed by atoms with Crippen LogP contribution in [0.3, 0.4) is 0 Å². The molecule has 1 atom stereocenters. The van der Waals surface area contributed by atoms with Gasteiger partial charge in [0, 0.05) is 23.3 Å². The van der Waals surface area contributed by atoms with E-state index in [1.165, 1.54) is 43.3 Å². The van der Waals surface area contributed by atoms with E-state index in [-0.39, 0.29) is 77.0 Å². The number of carbonyl (C=O) groups is 5. The number of hydrogen-bond acceptors (Lipinski definition) is 6. The van der Waals surface area contributed by atoms with Crippen LogP contribution in [0.15, 0.2) is 47.4 Å². The van der Waals surface area contributed by atoms with Crippen LogP contribution in [0.25, 0.3) is 0 Å². The average Bonchev–Trinajstić information content (AvgIpc) is 3.04. The molecule has 1 aliphatic heterocycles. The van der Waals surface area contributed by atoms with Crippen LogP contribution < -0.4 is 0 Å². The molecule has 182 valence electrons. The van der Waals surface area contributed by atoms with E-state index in [1.54, 1.807) is 6.07 Å². The van der Waals surface area contributed by atoms with Gasteiger partial charge in [-0.2, -0.15) is 13.2 Å². The number of benzene rings is 2. The lowest BCUT2D eigenvalue weighted by Gasteiger charge is -2.38. The third kappa shape index (κ3) is 4.93. The summed E-state index contributed by atoms with van der Waals surface area (Å²) in [5.41, 5.74) is -4.60. The zero-order valence-electron chi connectivity index (χ0n) is 18.6. The number of imide groups is 1. The van der Waals surface area contributed by atoms with Crippen molar-refractivity contribution >= 4 is 40.9 Å². The number of Topliss-reactive ketones (excluding diaryl/α,β-unsaturated/α-hetero) is 3. The summed E-state index contributed by atoms with van der Waals surface area (Å²) >= 11 is -0.259. The quantitative estimate of drug-likeness (QED) is 0.244. The number of halogens is 3. The molecular weight excluding hydrogens is 483 g/mol. The van der Waals surface area contributed by atoms with Crippen LogP contribution in [0.2, 0.25) is 0 Å². The Bertz CT molecular complexity index is 1250. The molecule has 2 aromatic carbocycles. The topological polar surface area (TPSA) is 88.6 Å². The van der Waals surface area contributed by atoms with Crippen LogP contribution in [-0.2, 0) is 16.0 Å². The Morgan fingerprint density at radius 3 is 2.29 bits per heavy atom. The van der Waals surface area contributed by atoms with Gasteiger partial charge in [-0.3, -0.25) is 28.9 Å². The standard InChI is InChI=1S/C25H20F3NO5S/c1-24(11-10-16(30)13-21(24)32)29-22(33)18-8-2-14(12-19(18)23(29)34)3-9-20(31)15-4-6-17(7-5-15)35-25(26,27)28/h2,4-8,12H,3,9-11,13H2,1H3/t24-/m0/s1. The summed E-state index contributed by atoms with van der Waals surface area (Å²) in [4.78, 5) is 63.7. The van der Waals surface area contributed by atoms with Crippen LogP contribution in [0.5, 0.6) is 0 Å². The van der Waals surface area contributed by atoms with Gasteiger partial charge in [0.2, 0.25) is 0 Å². The Kier molecular flexibility index (Phi) is 6.44. The van der Waals surface area contributed by atoms with Crippen molar-refractivity contribution in [2.45, 2.75) is 55.0 Å². The highest BCUT2D eigenvalue weighted by Gasteiger charge is 2.52. The summed E-state index contributed by atoms with van der Waals surface area (Å²) in [7, 11) is 0. The average molecular weight is 503 g/mol. The number of fused-ring (bicyclic) bond motifs is 1. The molecule has 2 aromatic rings. The third-order valence-electron chi connectivity index (χ3n) is 6.34.